The minimum absolute atomic E-state index is 0. The Kier molecular flexibility index (Phi) is 6.62. The van der Waals surface area contributed by atoms with Crippen LogP contribution in [-0.2, 0) is 6.42 Å². The number of nitrogens with two attached hydrogens (primary N) is 1. The first kappa shape index (κ1) is 17.4. The van der Waals surface area contributed by atoms with E-state index in [0.29, 0.717) is 12.0 Å². The quantitative estimate of drug-likeness (QED) is 0.892. The first-order valence-corrected chi connectivity index (χ1v) is 6.43. The van der Waals surface area contributed by atoms with Gasteiger partial charge in [-0.05, 0) is 23.3 Å². The van der Waals surface area contributed by atoms with Crippen LogP contribution in [-0.4, -0.2) is 18.3 Å². The number of rotatable bonds is 5. The molecule has 0 aliphatic rings. The highest BCUT2D eigenvalue weighted by molar-refractivity contribution is 5.85. The van der Waals surface area contributed by atoms with Gasteiger partial charge < -0.3 is 15.6 Å². The Hall–Kier alpha value is -1.62. The normalized spacial score (nSPS) is 13.1. The summed E-state index contributed by atoms with van der Waals surface area (Å²) in [6.45, 7) is 0. The summed E-state index contributed by atoms with van der Waals surface area (Å²) < 4.78 is 18.5. The fourth-order valence-corrected chi connectivity index (χ4v) is 2.09. The molecular weight excluding hydrogens is 293 g/mol. The van der Waals surface area contributed by atoms with Crippen LogP contribution in [0, 0.1) is 5.82 Å². The molecule has 114 valence electrons. The van der Waals surface area contributed by atoms with E-state index in [0.717, 1.165) is 5.56 Å². The topological polar surface area (TPSA) is 55.5 Å². The van der Waals surface area contributed by atoms with Gasteiger partial charge in [0.2, 0.25) is 0 Å². The summed E-state index contributed by atoms with van der Waals surface area (Å²) in [5.74, 6) is -0.314. The molecule has 0 aliphatic carbocycles. The molecular formula is C16H19ClFNO2. The highest BCUT2D eigenvalue weighted by Gasteiger charge is 2.18. The number of aliphatic hydroxyl groups is 1. The molecule has 2 aromatic rings. The van der Waals surface area contributed by atoms with Gasteiger partial charge >= 0.3 is 0 Å². The van der Waals surface area contributed by atoms with E-state index in [1.54, 1.807) is 6.07 Å². The van der Waals surface area contributed by atoms with E-state index in [4.69, 9.17) is 10.5 Å². The summed E-state index contributed by atoms with van der Waals surface area (Å²) in [7, 11) is 1.41. The maximum absolute atomic E-state index is 13.6. The Morgan fingerprint density at radius 3 is 2.43 bits per heavy atom. The maximum Gasteiger partial charge on any atom is 0.165 e. The highest BCUT2D eigenvalue weighted by Crippen LogP contribution is 2.23. The van der Waals surface area contributed by atoms with Crippen LogP contribution in [0.2, 0.25) is 0 Å². The van der Waals surface area contributed by atoms with Gasteiger partial charge in [0.05, 0.1) is 19.3 Å². The molecule has 0 radical (unpaired) electrons. The average molecular weight is 312 g/mol. The number of ether oxygens (including phenoxy) is 1. The number of hydrogen-bond acceptors (Lipinski definition) is 3. The van der Waals surface area contributed by atoms with E-state index in [1.807, 2.05) is 30.3 Å². The second kappa shape index (κ2) is 7.98. The van der Waals surface area contributed by atoms with Gasteiger partial charge in [0, 0.05) is 6.42 Å². The third kappa shape index (κ3) is 4.43. The molecule has 0 saturated carbocycles. The third-order valence-corrected chi connectivity index (χ3v) is 3.26. The summed E-state index contributed by atoms with van der Waals surface area (Å²) in [5, 5.41) is 10.2. The molecule has 0 aliphatic heterocycles. The van der Waals surface area contributed by atoms with Crippen molar-refractivity contribution in [3.8, 4) is 5.75 Å². The molecule has 3 nitrogen and oxygen atoms in total. The van der Waals surface area contributed by atoms with Crippen molar-refractivity contribution in [1.29, 1.82) is 0 Å². The summed E-state index contributed by atoms with van der Waals surface area (Å²) in [6, 6.07) is 13.4. The second-order valence-electron chi connectivity index (χ2n) is 4.68. The predicted molar refractivity (Wildman–Crippen MR) is 83.3 cm³/mol. The van der Waals surface area contributed by atoms with Crippen LogP contribution in [0.3, 0.4) is 0 Å². The van der Waals surface area contributed by atoms with Gasteiger partial charge in [0.25, 0.3) is 0 Å². The summed E-state index contributed by atoms with van der Waals surface area (Å²) in [4.78, 5) is 0. The largest absolute Gasteiger partial charge is 0.494 e. The van der Waals surface area contributed by atoms with Crippen molar-refractivity contribution in [3.63, 3.8) is 0 Å². The predicted octanol–water partition coefficient (Wildman–Crippen LogP) is 2.86. The highest BCUT2D eigenvalue weighted by atomic mass is 35.5. The van der Waals surface area contributed by atoms with Crippen LogP contribution in [0.15, 0.2) is 48.5 Å². The number of hydrogen-bond donors (Lipinski definition) is 2. The van der Waals surface area contributed by atoms with E-state index < -0.39 is 18.0 Å². The monoisotopic (exact) mass is 311 g/mol. The van der Waals surface area contributed by atoms with Crippen molar-refractivity contribution in [3.05, 3.63) is 65.5 Å². The number of methoxy groups -OCH3 is 1. The molecule has 0 fully saturated rings. The van der Waals surface area contributed by atoms with E-state index in [9.17, 15) is 9.50 Å². The van der Waals surface area contributed by atoms with Crippen molar-refractivity contribution in [1.82, 2.24) is 0 Å². The second-order valence-corrected chi connectivity index (χ2v) is 4.68. The van der Waals surface area contributed by atoms with Crippen molar-refractivity contribution in [2.45, 2.75) is 18.6 Å². The fourth-order valence-electron chi connectivity index (χ4n) is 2.09. The van der Waals surface area contributed by atoms with Gasteiger partial charge in [0.1, 0.15) is 0 Å². The Bertz CT molecular complexity index is 565. The van der Waals surface area contributed by atoms with Crippen molar-refractivity contribution >= 4 is 12.4 Å². The molecule has 21 heavy (non-hydrogen) atoms. The first-order valence-electron chi connectivity index (χ1n) is 6.43. The van der Waals surface area contributed by atoms with Gasteiger partial charge in [-0.15, -0.1) is 12.4 Å². The third-order valence-electron chi connectivity index (χ3n) is 3.26. The SMILES string of the molecule is COc1ccc([C@@H](N)[C@@H](O)Cc2ccccc2)cc1F.Cl. The van der Waals surface area contributed by atoms with Crippen LogP contribution in [0.25, 0.3) is 0 Å². The molecule has 2 aromatic carbocycles. The van der Waals surface area contributed by atoms with Gasteiger partial charge in [0.15, 0.2) is 11.6 Å². The molecule has 0 aromatic heterocycles. The summed E-state index contributed by atoms with van der Waals surface area (Å²) >= 11 is 0. The maximum atomic E-state index is 13.6. The lowest BCUT2D eigenvalue weighted by Gasteiger charge is -2.19. The van der Waals surface area contributed by atoms with Crippen LogP contribution >= 0.6 is 12.4 Å². The molecule has 0 spiro atoms. The van der Waals surface area contributed by atoms with Crippen molar-refractivity contribution < 1.29 is 14.2 Å². The first-order chi connectivity index (χ1) is 9.61. The fraction of sp³-hybridized carbons (Fsp3) is 0.250. The van der Waals surface area contributed by atoms with Crippen LogP contribution in [0.4, 0.5) is 4.39 Å². The minimum Gasteiger partial charge on any atom is -0.494 e. The van der Waals surface area contributed by atoms with Gasteiger partial charge in [-0.1, -0.05) is 36.4 Å². The molecule has 0 bridgehead atoms. The zero-order valence-electron chi connectivity index (χ0n) is 11.7. The van der Waals surface area contributed by atoms with Gasteiger partial charge in [-0.25, -0.2) is 4.39 Å². The minimum atomic E-state index is -0.773. The Labute approximate surface area is 130 Å². The average Bonchev–Trinajstić information content (AvgIpc) is 2.47. The van der Waals surface area contributed by atoms with E-state index in [2.05, 4.69) is 0 Å². The van der Waals surface area contributed by atoms with Crippen LogP contribution in [0.5, 0.6) is 5.75 Å². The molecule has 3 N–H and O–H groups in total. The van der Waals surface area contributed by atoms with Crippen molar-refractivity contribution in [2.75, 3.05) is 7.11 Å². The van der Waals surface area contributed by atoms with Crippen LogP contribution < -0.4 is 10.5 Å². The molecule has 2 atom stereocenters. The Balaban J connectivity index is 0.00000220. The zero-order valence-corrected chi connectivity index (χ0v) is 12.5. The lowest BCUT2D eigenvalue weighted by atomic mass is 9.97. The van der Waals surface area contributed by atoms with E-state index >= 15 is 0 Å². The van der Waals surface area contributed by atoms with E-state index in [1.165, 1.54) is 19.2 Å². The lowest BCUT2D eigenvalue weighted by molar-refractivity contribution is 0.145. The van der Waals surface area contributed by atoms with E-state index in [-0.39, 0.29) is 18.2 Å². The Morgan fingerprint density at radius 1 is 1.19 bits per heavy atom. The smallest absolute Gasteiger partial charge is 0.165 e. The molecule has 5 heteroatoms. The molecule has 0 heterocycles. The van der Waals surface area contributed by atoms with Gasteiger partial charge in [-0.3, -0.25) is 0 Å². The number of benzene rings is 2. The number of aliphatic hydroxyl groups excluding tert-OH is 1. The summed E-state index contributed by atoms with van der Waals surface area (Å²) in [5.41, 5.74) is 7.53. The lowest BCUT2D eigenvalue weighted by Crippen LogP contribution is -2.28. The molecule has 2 rings (SSSR count). The standard InChI is InChI=1S/C16H18FNO2.ClH/c1-20-15-8-7-12(10-13(15)17)16(18)14(19)9-11-5-3-2-4-6-11;/h2-8,10,14,16,19H,9,18H2,1H3;1H/t14-,16+;/m0./s1. The van der Waals surface area contributed by atoms with Crippen LogP contribution in [0.1, 0.15) is 17.2 Å². The number of halogens is 2. The summed E-state index contributed by atoms with van der Waals surface area (Å²) in [6.07, 6.45) is -0.347. The zero-order chi connectivity index (χ0) is 14.5. The molecule has 0 unspecified atom stereocenters. The Morgan fingerprint density at radius 2 is 1.86 bits per heavy atom. The molecule has 0 amide bonds. The van der Waals surface area contributed by atoms with Crippen molar-refractivity contribution in [2.24, 2.45) is 5.73 Å². The molecule has 0 saturated heterocycles. The van der Waals surface area contributed by atoms with Gasteiger partial charge in [-0.2, -0.15) is 0 Å².